The van der Waals surface area contributed by atoms with Crippen LogP contribution in [0.25, 0.3) is 11.1 Å². The first-order valence-corrected chi connectivity index (χ1v) is 11.9. The number of carbonyl (C=O) groups excluding carboxylic acids is 1. The van der Waals surface area contributed by atoms with Gasteiger partial charge >= 0.3 is 6.16 Å². The van der Waals surface area contributed by atoms with Crippen LogP contribution in [0.15, 0.2) is 41.4 Å². The molecule has 10 heteroatoms. The molecule has 3 aromatic rings. The SMILES string of the molecule is Cc1c(Oc2ccc(-c3ccsc3)cc2F)ncnc1OC1CCN(OC(=O)OC(C)C)CC1. The first-order chi connectivity index (χ1) is 16.4. The van der Waals surface area contributed by atoms with Crippen molar-refractivity contribution in [3.8, 4) is 28.6 Å². The predicted octanol–water partition coefficient (Wildman–Crippen LogP) is 5.76. The molecule has 4 rings (SSSR count). The number of rotatable bonds is 7. The average Bonchev–Trinajstić information content (AvgIpc) is 3.33. The smallest absolute Gasteiger partial charge is 0.474 e. The molecular weight excluding hydrogens is 461 g/mol. The van der Waals surface area contributed by atoms with Crippen molar-refractivity contribution in [3.63, 3.8) is 0 Å². The van der Waals surface area contributed by atoms with Crippen LogP contribution in [0.3, 0.4) is 0 Å². The molecule has 0 amide bonds. The minimum absolute atomic E-state index is 0.0745. The summed E-state index contributed by atoms with van der Waals surface area (Å²) >= 11 is 1.55. The zero-order chi connectivity index (χ0) is 24.1. The van der Waals surface area contributed by atoms with Crippen LogP contribution in [0.5, 0.6) is 17.5 Å². The van der Waals surface area contributed by atoms with Crippen molar-refractivity contribution in [3.05, 3.63) is 52.7 Å². The second-order valence-electron chi connectivity index (χ2n) is 8.12. The standard InChI is InChI=1S/C24H26FN3O5S/c1-15(2)30-24(29)33-28-9-6-19(7-10-28)31-22-16(3)23(27-14-26-22)32-21-5-4-17(12-20(21)25)18-8-11-34-13-18/h4-5,8,11-15,19H,6-7,9-10H2,1-3H3. The number of nitrogens with zero attached hydrogens (tertiary/aromatic N) is 3. The summed E-state index contributed by atoms with van der Waals surface area (Å²) in [4.78, 5) is 25.2. The molecule has 2 aromatic heterocycles. The molecule has 0 unspecified atom stereocenters. The maximum Gasteiger partial charge on any atom is 0.528 e. The summed E-state index contributed by atoms with van der Waals surface area (Å²) in [5.41, 5.74) is 2.31. The van der Waals surface area contributed by atoms with E-state index in [-0.39, 0.29) is 23.8 Å². The lowest BCUT2D eigenvalue weighted by atomic mass is 10.1. The molecule has 0 atom stereocenters. The van der Waals surface area contributed by atoms with Gasteiger partial charge in [0.15, 0.2) is 11.6 Å². The number of hydrogen-bond acceptors (Lipinski definition) is 9. The van der Waals surface area contributed by atoms with E-state index in [2.05, 4.69) is 9.97 Å². The van der Waals surface area contributed by atoms with Crippen molar-refractivity contribution in [2.24, 2.45) is 0 Å². The molecule has 1 saturated heterocycles. The Morgan fingerprint density at radius 1 is 1.15 bits per heavy atom. The first kappa shape index (κ1) is 23.9. The number of benzene rings is 1. The highest BCUT2D eigenvalue weighted by Crippen LogP contribution is 2.32. The maximum atomic E-state index is 14.7. The van der Waals surface area contributed by atoms with Gasteiger partial charge < -0.3 is 19.0 Å². The Hall–Kier alpha value is -3.24. The second kappa shape index (κ2) is 10.8. The van der Waals surface area contributed by atoms with Crippen molar-refractivity contribution in [1.82, 2.24) is 15.0 Å². The number of hydroxylamine groups is 2. The minimum Gasteiger partial charge on any atom is -0.474 e. The highest BCUT2D eigenvalue weighted by Gasteiger charge is 2.25. The maximum absolute atomic E-state index is 14.7. The molecule has 0 bridgehead atoms. The molecule has 34 heavy (non-hydrogen) atoms. The number of halogens is 1. The lowest BCUT2D eigenvalue weighted by Gasteiger charge is -2.30. The van der Waals surface area contributed by atoms with Crippen molar-refractivity contribution in [2.45, 2.75) is 45.8 Å². The van der Waals surface area contributed by atoms with Gasteiger partial charge in [0, 0.05) is 25.9 Å². The van der Waals surface area contributed by atoms with E-state index in [4.69, 9.17) is 19.0 Å². The van der Waals surface area contributed by atoms with Gasteiger partial charge in [-0.2, -0.15) is 11.3 Å². The molecule has 1 aliphatic rings. The third-order valence-corrected chi connectivity index (χ3v) is 5.88. The summed E-state index contributed by atoms with van der Waals surface area (Å²) in [6.07, 6.45) is 1.52. The van der Waals surface area contributed by atoms with Gasteiger partial charge in [-0.15, -0.1) is 5.06 Å². The normalized spacial score (nSPS) is 14.7. The Morgan fingerprint density at radius 3 is 2.59 bits per heavy atom. The number of carbonyl (C=O) groups is 1. The van der Waals surface area contributed by atoms with E-state index in [1.807, 2.05) is 16.8 Å². The molecule has 180 valence electrons. The molecule has 0 N–H and O–H groups in total. The van der Waals surface area contributed by atoms with Crippen molar-refractivity contribution in [1.29, 1.82) is 0 Å². The van der Waals surface area contributed by atoms with E-state index in [0.717, 1.165) is 11.1 Å². The molecular formula is C24H26FN3O5S. The van der Waals surface area contributed by atoms with Crippen LogP contribution in [-0.2, 0) is 9.57 Å². The fourth-order valence-corrected chi connectivity index (χ4v) is 4.12. The van der Waals surface area contributed by atoms with E-state index in [1.165, 1.54) is 12.4 Å². The third kappa shape index (κ3) is 6.00. The molecule has 0 aliphatic carbocycles. The third-order valence-electron chi connectivity index (χ3n) is 5.20. The van der Waals surface area contributed by atoms with Crippen molar-refractivity contribution in [2.75, 3.05) is 13.1 Å². The number of aromatic nitrogens is 2. The molecule has 1 aliphatic heterocycles. The summed E-state index contributed by atoms with van der Waals surface area (Å²) in [5.74, 6) is 0.196. The molecule has 8 nitrogen and oxygen atoms in total. The molecule has 3 heterocycles. The summed E-state index contributed by atoms with van der Waals surface area (Å²) in [6, 6.07) is 6.77. The average molecular weight is 488 g/mol. The van der Waals surface area contributed by atoms with E-state index < -0.39 is 12.0 Å². The number of hydrogen-bond donors (Lipinski definition) is 0. The van der Waals surface area contributed by atoms with Crippen molar-refractivity contribution < 1.29 is 28.2 Å². The Morgan fingerprint density at radius 2 is 1.91 bits per heavy atom. The molecule has 1 fully saturated rings. The monoisotopic (exact) mass is 487 g/mol. The lowest BCUT2D eigenvalue weighted by molar-refractivity contribution is -0.151. The lowest BCUT2D eigenvalue weighted by Crippen LogP contribution is -2.40. The Labute approximate surface area is 201 Å². The van der Waals surface area contributed by atoms with Crippen molar-refractivity contribution >= 4 is 17.5 Å². The zero-order valence-corrected chi connectivity index (χ0v) is 20.0. The zero-order valence-electron chi connectivity index (χ0n) is 19.2. The van der Waals surface area contributed by atoms with Gasteiger partial charge in [-0.1, -0.05) is 6.07 Å². The van der Waals surface area contributed by atoms with E-state index in [0.29, 0.717) is 37.4 Å². The summed E-state index contributed by atoms with van der Waals surface area (Å²) < 4.78 is 31.5. The van der Waals surface area contributed by atoms with Crippen LogP contribution >= 0.6 is 11.3 Å². The quantitative estimate of drug-likeness (QED) is 0.389. The highest BCUT2D eigenvalue weighted by molar-refractivity contribution is 7.08. The Bertz CT molecular complexity index is 1120. The summed E-state index contributed by atoms with van der Waals surface area (Å²) in [6.45, 7) is 6.30. The molecule has 0 radical (unpaired) electrons. The van der Waals surface area contributed by atoms with Gasteiger partial charge in [0.05, 0.1) is 11.7 Å². The highest BCUT2D eigenvalue weighted by atomic mass is 32.1. The number of thiophene rings is 1. The summed E-state index contributed by atoms with van der Waals surface area (Å²) in [7, 11) is 0. The van der Waals surface area contributed by atoms with E-state index >= 15 is 0 Å². The van der Waals surface area contributed by atoms with Gasteiger partial charge in [-0.25, -0.2) is 19.2 Å². The Balaban J connectivity index is 1.36. The van der Waals surface area contributed by atoms with Crippen LogP contribution in [0.2, 0.25) is 0 Å². The molecule has 0 saturated carbocycles. The van der Waals surface area contributed by atoms with Crippen LogP contribution < -0.4 is 9.47 Å². The second-order valence-corrected chi connectivity index (χ2v) is 8.90. The largest absolute Gasteiger partial charge is 0.528 e. The van der Waals surface area contributed by atoms with Crippen LogP contribution in [0.4, 0.5) is 9.18 Å². The van der Waals surface area contributed by atoms with Gasteiger partial charge in [0.2, 0.25) is 11.8 Å². The van der Waals surface area contributed by atoms with E-state index in [9.17, 15) is 9.18 Å². The number of piperidine rings is 1. The van der Waals surface area contributed by atoms with Gasteiger partial charge in [-0.05, 0) is 60.9 Å². The molecule has 0 spiro atoms. The minimum atomic E-state index is -0.710. The fourth-order valence-electron chi connectivity index (χ4n) is 3.46. The summed E-state index contributed by atoms with van der Waals surface area (Å²) in [5, 5.41) is 5.47. The van der Waals surface area contributed by atoms with E-state index in [1.54, 1.807) is 49.3 Å². The van der Waals surface area contributed by atoms with Crippen LogP contribution in [0.1, 0.15) is 32.3 Å². The van der Waals surface area contributed by atoms with Gasteiger partial charge in [0.25, 0.3) is 0 Å². The van der Waals surface area contributed by atoms with Gasteiger partial charge in [0.1, 0.15) is 12.4 Å². The Kier molecular flexibility index (Phi) is 7.59. The predicted molar refractivity (Wildman–Crippen MR) is 124 cm³/mol. The van der Waals surface area contributed by atoms with Gasteiger partial charge in [-0.3, -0.25) is 0 Å². The fraction of sp³-hybridized carbons (Fsp3) is 0.375. The number of ether oxygens (including phenoxy) is 3. The first-order valence-electron chi connectivity index (χ1n) is 11.0. The van der Waals surface area contributed by atoms with Crippen LogP contribution in [-0.4, -0.2) is 46.5 Å². The molecule has 1 aromatic carbocycles. The van der Waals surface area contributed by atoms with Crippen LogP contribution in [0, 0.1) is 12.7 Å². The topological polar surface area (TPSA) is 83.0 Å².